The topological polar surface area (TPSA) is 56.7 Å². The normalized spacial score (nSPS) is 27.8. The van der Waals surface area contributed by atoms with Gasteiger partial charge in [0.2, 0.25) is 5.91 Å². The SMILES string of the molecule is CCNC(=NCC1(C)CCCC1)NC1CCC(C(=O)N2CCSCC2)CC1.I. The van der Waals surface area contributed by atoms with Crippen LogP contribution in [-0.2, 0) is 4.79 Å². The fraction of sp³-hybridized carbons (Fsp3) is 0.905. The summed E-state index contributed by atoms with van der Waals surface area (Å²) in [5.41, 5.74) is 0.388. The molecule has 1 aliphatic heterocycles. The van der Waals surface area contributed by atoms with E-state index < -0.39 is 0 Å². The van der Waals surface area contributed by atoms with Crippen molar-refractivity contribution in [1.29, 1.82) is 0 Å². The zero-order valence-corrected chi connectivity index (χ0v) is 20.8. The molecule has 0 unspecified atom stereocenters. The summed E-state index contributed by atoms with van der Waals surface area (Å²) >= 11 is 1.96. The first-order chi connectivity index (χ1) is 13.1. The molecule has 0 aromatic carbocycles. The Kier molecular flexibility index (Phi) is 10.2. The van der Waals surface area contributed by atoms with Gasteiger partial charge in [0.15, 0.2) is 5.96 Å². The molecule has 0 aromatic rings. The van der Waals surface area contributed by atoms with Crippen molar-refractivity contribution in [2.45, 2.75) is 71.3 Å². The van der Waals surface area contributed by atoms with E-state index in [1.54, 1.807) is 0 Å². The van der Waals surface area contributed by atoms with Gasteiger partial charge in [-0.05, 0) is 50.9 Å². The molecule has 2 N–H and O–H groups in total. The van der Waals surface area contributed by atoms with Crippen LogP contribution in [0.5, 0.6) is 0 Å². The van der Waals surface area contributed by atoms with Crippen LogP contribution in [0.1, 0.15) is 65.2 Å². The lowest BCUT2D eigenvalue weighted by atomic mass is 9.85. The highest BCUT2D eigenvalue weighted by atomic mass is 127. The molecule has 0 aromatic heterocycles. The largest absolute Gasteiger partial charge is 0.357 e. The van der Waals surface area contributed by atoms with Gasteiger partial charge in [-0.1, -0.05) is 19.8 Å². The number of hydrogen-bond acceptors (Lipinski definition) is 3. The quantitative estimate of drug-likeness (QED) is 0.327. The van der Waals surface area contributed by atoms with Crippen LogP contribution in [0.15, 0.2) is 4.99 Å². The predicted octanol–water partition coefficient (Wildman–Crippen LogP) is 3.87. The molecule has 3 aliphatic rings. The fourth-order valence-electron chi connectivity index (χ4n) is 4.70. The maximum Gasteiger partial charge on any atom is 0.225 e. The van der Waals surface area contributed by atoms with Crippen LogP contribution in [0.3, 0.4) is 0 Å². The molecule has 3 rings (SSSR count). The minimum Gasteiger partial charge on any atom is -0.357 e. The van der Waals surface area contributed by atoms with Gasteiger partial charge in [0.25, 0.3) is 0 Å². The van der Waals surface area contributed by atoms with Crippen LogP contribution >= 0.6 is 35.7 Å². The van der Waals surface area contributed by atoms with Gasteiger partial charge in [0.05, 0.1) is 0 Å². The van der Waals surface area contributed by atoms with E-state index in [9.17, 15) is 4.79 Å². The number of guanidine groups is 1. The lowest BCUT2D eigenvalue weighted by Crippen LogP contribution is -2.47. The number of aliphatic imine (C=N–C) groups is 1. The number of carbonyl (C=O) groups excluding carboxylic acids is 1. The monoisotopic (exact) mass is 522 g/mol. The zero-order chi connectivity index (χ0) is 19.1. The Bertz CT molecular complexity index is 511. The minimum atomic E-state index is 0. The maximum atomic E-state index is 12.7. The third-order valence-electron chi connectivity index (χ3n) is 6.51. The van der Waals surface area contributed by atoms with Crippen LogP contribution in [0.4, 0.5) is 0 Å². The average Bonchev–Trinajstić information content (AvgIpc) is 3.14. The molecular weight excluding hydrogens is 483 g/mol. The molecule has 1 heterocycles. The summed E-state index contributed by atoms with van der Waals surface area (Å²) in [6, 6.07) is 0.445. The Balaban J connectivity index is 0.00000280. The molecule has 28 heavy (non-hydrogen) atoms. The van der Waals surface area contributed by atoms with E-state index in [-0.39, 0.29) is 29.9 Å². The summed E-state index contributed by atoms with van der Waals surface area (Å²) in [7, 11) is 0. The summed E-state index contributed by atoms with van der Waals surface area (Å²) in [5, 5.41) is 7.07. The van der Waals surface area contributed by atoms with Crippen molar-refractivity contribution in [3.63, 3.8) is 0 Å². The van der Waals surface area contributed by atoms with Crippen molar-refractivity contribution >= 4 is 47.6 Å². The van der Waals surface area contributed by atoms with Gasteiger partial charge in [-0.25, -0.2) is 0 Å². The average molecular weight is 523 g/mol. The highest BCUT2D eigenvalue weighted by Crippen LogP contribution is 2.37. The summed E-state index contributed by atoms with van der Waals surface area (Å²) in [6.45, 7) is 8.20. The van der Waals surface area contributed by atoms with E-state index in [1.807, 2.05) is 11.8 Å². The Morgan fingerprint density at radius 1 is 1.14 bits per heavy atom. The first-order valence-corrected chi connectivity index (χ1v) is 12.2. The summed E-state index contributed by atoms with van der Waals surface area (Å²) < 4.78 is 0. The Morgan fingerprint density at radius 2 is 1.79 bits per heavy atom. The number of nitrogens with zero attached hydrogens (tertiary/aromatic N) is 2. The Labute approximate surface area is 192 Å². The number of nitrogens with one attached hydrogen (secondary N) is 2. The van der Waals surface area contributed by atoms with Gasteiger partial charge in [-0.3, -0.25) is 9.79 Å². The summed E-state index contributed by atoms with van der Waals surface area (Å²) in [5.74, 6) is 3.81. The highest BCUT2D eigenvalue weighted by Gasteiger charge is 2.31. The van der Waals surface area contributed by atoms with Crippen LogP contribution in [-0.4, -0.2) is 60.5 Å². The number of halogens is 1. The molecule has 3 fully saturated rings. The molecular formula is C21H39IN4OS. The second-order valence-corrected chi connectivity index (χ2v) is 10.1. The van der Waals surface area contributed by atoms with Gasteiger partial charge in [-0.15, -0.1) is 24.0 Å². The number of carbonyl (C=O) groups is 1. The molecule has 0 spiro atoms. The predicted molar refractivity (Wildman–Crippen MR) is 131 cm³/mol. The number of thioether (sulfide) groups is 1. The van der Waals surface area contributed by atoms with E-state index in [0.717, 1.165) is 69.3 Å². The van der Waals surface area contributed by atoms with Crippen molar-refractivity contribution in [2.24, 2.45) is 16.3 Å². The Morgan fingerprint density at radius 3 is 2.39 bits per heavy atom. The van der Waals surface area contributed by atoms with Gasteiger partial charge in [0.1, 0.15) is 0 Å². The second-order valence-electron chi connectivity index (χ2n) is 8.84. The van der Waals surface area contributed by atoms with Crippen LogP contribution < -0.4 is 10.6 Å². The molecule has 0 bridgehead atoms. The van der Waals surface area contributed by atoms with Crippen molar-refractivity contribution in [3.05, 3.63) is 0 Å². The van der Waals surface area contributed by atoms with Gasteiger partial charge in [-0.2, -0.15) is 11.8 Å². The van der Waals surface area contributed by atoms with E-state index in [0.29, 0.717) is 17.4 Å². The van der Waals surface area contributed by atoms with E-state index in [2.05, 4.69) is 29.4 Å². The lowest BCUT2D eigenvalue weighted by Gasteiger charge is -2.34. The Hall–Kier alpha value is -0.180. The second kappa shape index (κ2) is 11.9. The van der Waals surface area contributed by atoms with E-state index in [1.165, 1.54) is 25.7 Å². The van der Waals surface area contributed by atoms with Gasteiger partial charge >= 0.3 is 0 Å². The third-order valence-corrected chi connectivity index (χ3v) is 7.46. The van der Waals surface area contributed by atoms with Crippen LogP contribution in [0, 0.1) is 11.3 Å². The molecule has 162 valence electrons. The molecule has 1 saturated heterocycles. The van der Waals surface area contributed by atoms with Crippen molar-refractivity contribution in [1.82, 2.24) is 15.5 Å². The summed E-state index contributed by atoms with van der Waals surface area (Å²) in [6.07, 6.45) is 9.47. The highest BCUT2D eigenvalue weighted by molar-refractivity contribution is 14.0. The zero-order valence-electron chi connectivity index (χ0n) is 17.7. The van der Waals surface area contributed by atoms with Crippen LogP contribution in [0.25, 0.3) is 0 Å². The molecule has 2 saturated carbocycles. The van der Waals surface area contributed by atoms with Crippen LogP contribution in [0.2, 0.25) is 0 Å². The molecule has 0 radical (unpaired) electrons. The van der Waals surface area contributed by atoms with E-state index >= 15 is 0 Å². The number of rotatable bonds is 5. The summed E-state index contributed by atoms with van der Waals surface area (Å²) in [4.78, 5) is 19.7. The first-order valence-electron chi connectivity index (χ1n) is 11.0. The molecule has 1 amide bonds. The van der Waals surface area contributed by atoms with Crippen molar-refractivity contribution < 1.29 is 4.79 Å². The fourth-order valence-corrected chi connectivity index (χ4v) is 5.60. The van der Waals surface area contributed by atoms with Gasteiger partial charge in [0, 0.05) is 49.6 Å². The molecule has 2 aliphatic carbocycles. The maximum absolute atomic E-state index is 12.7. The van der Waals surface area contributed by atoms with Crippen molar-refractivity contribution in [2.75, 3.05) is 37.7 Å². The van der Waals surface area contributed by atoms with E-state index in [4.69, 9.17) is 4.99 Å². The molecule has 5 nitrogen and oxygen atoms in total. The number of amides is 1. The van der Waals surface area contributed by atoms with Gasteiger partial charge < -0.3 is 15.5 Å². The molecule has 0 atom stereocenters. The standard InChI is InChI=1S/C21H38N4OS.HI/c1-3-22-20(23-16-21(2)10-4-5-11-21)24-18-8-6-17(7-9-18)19(26)25-12-14-27-15-13-25;/h17-18H,3-16H2,1-2H3,(H2,22,23,24);1H. The third kappa shape index (κ3) is 6.96. The molecule has 7 heteroatoms. The first kappa shape index (κ1) is 24.1. The smallest absolute Gasteiger partial charge is 0.225 e. The minimum absolute atomic E-state index is 0. The number of hydrogen-bond donors (Lipinski definition) is 2. The van der Waals surface area contributed by atoms with Crippen molar-refractivity contribution in [3.8, 4) is 0 Å². The lowest BCUT2D eigenvalue weighted by molar-refractivity contribution is -0.136.